The van der Waals surface area contributed by atoms with Gasteiger partial charge in [0.1, 0.15) is 0 Å². The zero-order valence-corrected chi connectivity index (χ0v) is 9.60. The minimum absolute atomic E-state index is 0.279. The van der Waals surface area contributed by atoms with Crippen LogP contribution in [0.15, 0.2) is 30.3 Å². The lowest BCUT2D eigenvalue weighted by Crippen LogP contribution is -2.34. The Morgan fingerprint density at radius 1 is 1.19 bits per heavy atom. The van der Waals surface area contributed by atoms with E-state index in [1.54, 1.807) is 0 Å². The summed E-state index contributed by atoms with van der Waals surface area (Å²) in [6, 6.07) is 10.0. The van der Waals surface area contributed by atoms with Gasteiger partial charge in [-0.1, -0.05) is 18.2 Å². The first-order valence-corrected chi connectivity index (χ1v) is 6.04. The summed E-state index contributed by atoms with van der Waals surface area (Å²) in [6.45, 7) is 3.70. The predicted molar refractivity (Wildman–Crippen MR) is 66.6 cm³/mol. The van der Waals surface area contributed by atoms with Gasteiger partial charge < -0.3 is 15.3 Å². The molecule has 88 valence electrons. The number of benzene rings is 1. The Hall–Kier alpha value is -1.06. The van der Waals surface area contributed by atoms with Crippen molar-refractivity contribution < 1.29 is 5.11 Å². The molecule has 1 aromatic carbocycles. The SMILES string of the molecule is O[C@@H](CNc1ccccc1)CN1CCCC1. The van der Waals surface area contributed by atoms with Crippen LogP contribution >= 0.6 is 0 Å². The maximum Gasteiger partial charge on any atom is 0.0839 e. The second kappa shape index (κ2) is 5.87. The Bertz CT molecular complexity index is 296. The number of likely N-dealkylation sites (tertiary alicyclic amines) is 1. The summed E-state index contributed by atoms with van der Waals surface area (Å²) in [5.41, 5.74) is 1.07. The van der Waals surface area contributed by atoms with Crippen molar-refractivity contribution in [3.63, 3.8) is 0 Å². The van der Waals surface area contributed by atoms with Crippen molar-refractivity contribution in [3.8, 4) is 0 Å². The van der Waals surface area contributed by atoms with Gasteiger partial charge in [0.15, 0.2) is 0 Å². The molecular weight excluding hydrogens is 200 g/mol. The molecule has 0 radical (unpaired) electrons. The normalized spacial score (nSPS) is 18.6. The molecule has 0 saturated carbocycles. The molecule has 16 heavy (non-hydrogen) atoms. The van der Waals surface area contributed by atoms with E-state index in [-0.39, 0.29) is 6.10 Å². The van der Waals surface area contributed by atoms with Gasteiger partial charge in [-0.3, -0.25) is 0 Å². The number of nitrogens with zero attached hydrogens (tertiary/aromatic N) is 1. The summed E-state index contributed by atoms with van der Waals surface area (Å²) in [7, 11) is 0. The van der Waals surface area contributed by atoms with Gasteiger partial charge in [0.05, 0.1) is 6.10 Å². The highest BCUT2D eigenvalue weighted by Crippen LogP contribution is 2.09. The molecule has 0 unspecified atom stereocenters. The van der Waals surface area contributed by atoms with E-state index in [0.29, 0.717) is 6.54 Å². The maximum atomic E-state index is 9.87. The molecule has 1 aromatic rings. The number of rotatable bonds is 5. The molecule has 0 aromatic heterocycles. The molecule has 1 fully saturated rings. The number of aliphatic hydroxyl groups excluding tert-OH is 1. The van der Waals surface area contributed by atoms with Crippen LogP contribution < -0.4 is 5.32 Å². The molecule has 1 saturated heterocycles. The zero-order chi connectivity index (χ0) is 11.2. The molecule has 0 spiro atoms. The summed E-state index contributed by atoms with van der Waals surface area (Å²) < 4.78 is 0. The van der Waals surface area contributed by atoms with Crippen molar-refractivity contribution >= 4 is 5.69 Å². The number of aliphatic hydroxyl groups is 1. The third-order valence-corrected chi connectivity index (χ3v) is 2.98. The molecule has 1 aliphatic heterocycles. The van der Waals surface area contributed by atoms with Crippen molar-refractivity contribution in [2.24, 2.45) is 0 Å². The van der Waals surface area contributed by atoms with E-state index in [2.05, 4.69) is 10.2 Å². The summed E-state index contributed by atoms with van der Waals surface area (Å²) in [4.78, 5) is 2.33. The predicted octanol–water partition coefficient (Wildman–Crippen LogP) is 1.56. The molecule has 0 amide bonds. The number of hydrogen-bond acceptors (Lipinski definition) is 3. The van der Waals surface area contributed by atoms with Gasteiger partial charge in [-0.05, 0) is 38.1 Å². The van der Waals surface area contributed by atoms with E-state index < -0.39 is 0 Å². The quantitative estimate of drug-likeness (QED) is 0.790. The highest BCUT2D eigenvalue weighted by atomic mass is 16.3. The van der Waals surface area contributed by atoms with E-state index >= 15 is 0 Å². The van der Waals surface area contributed by atoms with Crippen LogP contribution in [0, 0.1) is 0 Å². The highest BCUT2D eigenvalue weighted by molar-refractivity contribution is 5.42. The third kappa shape index (κ3) is 3.51. The van der Waals surface area contributed by atoms with E-state index in [0.717, 1.165) is 25.3 Å². The molecule has 1 atom stereocenters. The summed E-state index contributed by atoms with van der Waals surface area (Å²) in [5.74, 6) is 0. The summed E-state index contributed by atoms with van der Waals surface area (Å²) in [6.07, 6.45) is 2.27. The summed E-state index contributed by atoms with van der Waals surface area (Å²) in [5, 5.41) is 13.1. The van der Waals surface area contributed by atoms with Crippen molar-refractivity contribution in [1.82, 2.24) is 4.90 Å². The van der Waals surface area contributed by atoms with Gasteiger partial charge in [-0.25, -0.2) is 0 Å². The molecule has 0 aliphatic carbocycles. The molecular formula is C13H20N2O. The standard InChI is InChI=1S/C13H20N2O/c16-13(11-15-8-4-5-9-15)10-14-12-6-2-1-3-7-12/h1-3,6-7,13-14,16H,4-5,8-11H2/t13-/m0/s1. The van der Waals surface area contributed by atoms with Crippen molar-refractivity contribution in [2.75, 3.05) is 31.5 Å². The lowest BCUT2D eigenvalue weighted by molar-refractivity contribution is 0.135. The van der Waals surface area contributed by atoms with Gasteiger partial charge >= 0.3 is 0 Å². The van der Waals surface area contributed by atoms with Crippen molar-refractivity contribution in [1.29, 1.82) is 0 Å². The molecule has 0 bridgehead atoms. The molecule has 1 aliphatic rings. The zero-order valence-electron chi connectivity index (χ0n) is 9.60. The second-order valence-electron chi connectivity index (χ2n) is 4.41. The first kappa shape index (κ1) is 11.4. The fourth-order valence-corrected chi connectivity index (χ4v) is 2.12. The highest BCUT2D eigenvalue weighted by Gasteiger charge is 2.15. The lowest BCUT2D eigenvalue weighted by Gasteiger charge is -2.19. The lowest BCUT2D eigenvalue weighted by atomic mass is 10.3. The van der Waals surface area contributed by atoms with Gasteiger partial charge in [-0.15, -0.1) is 0 Å². The average Bonchev–Trinajstić information content (AvgIpc) is 2.81. The van der Waals surface area contributed by atoms with Gasteiger partial charge in [0.2, 0.25) is 0 Å². The van der Waals surface area contributed by atoms with Crippen LogP contribution in [0.25, 0.3) is 0 Å². The van der Waals surface area contributed by atoms with Crippen molar-refractivity contribution in [3.05, 3.63) is 30.3 Å². The fraction of sp³-hybridized carbons (Fsp3) is 0.538. The average molecular weight is 220 g/mol. The Labute approximate surface area is 97.1 Å². The Morgan fingerprint density at radius 3 is 2.56 bits per heavy atom. The molecule has 2 N–H and O–H groups in total. The second-order valence-corrected chi connectivity index (χ2v) is 4.41. The third-order valence-electron chi connectivity index (χ3n) is 2.98. The Morgan fingerprint density at radius 2 is 1.88 bits per heavy atom. The molecule has 2 rings (SSSR count). The maximum absolute atomic E-state index is 9.87. The van der Waals surface area contributed by atoms with E-state index in [1.807, 2.05) is 30.3 Å². The van der Waals surface area contributed by atoms with Gasteiger partial charge in [0, 0.05) is 18.8 Å². The van der Waals surface area contributed by atoms with E-state index in [9.17, 15) is 5.11 Å². The van der Waals surface area contributed by atoms with Crippen LogP contribution in [-0.4, -0.2) is 42.3 Å². The van der Waals surface area contributed by atoms with E-state index in [1.165, 1.54) is 12.8 Å². The Kier molecular flexibility index (Phi) is 4.19. The first-order valence-electron chi connectivity index (χ1n) is 6.04. The largest absolute Gasteiger partial charge is 0.390 e. The van der Waals surface area contributed by atoms with Crippen molar-refractivity contribution in [2.45, 2.75) is 18.9 Å². The topological polar surface area (TPSA) is 35.5 Å². The Balaban J connectivity index is 1.69. The molecule has 1 heterocycles. The van der Waals surface area contributed by atoms with Crippen LogP contribution in [0.3, 0.4) is 0 Å². The number of β-amino-alcohol motifs (C(OH)–C–C–N with tert-alkyl or cyclic N) is 1. The van der Waals surface area contributed by atoms with E-state index in [4.69, 9.17) is 0 Å². The number of hydrogen-bond donors (Lipinski definition) is 2. The van der Waals surface area contributed by atoms with Crippen LogP contribution in [0.1, 0.15) is 12.8 Å². The van der Waals surface area contributed by atoms with Crippen LogP contribution in [0.5, 0.6) is 0 Å². The minimum atomic E-state index is -0.279. The number of para-hydroxylation sites is 1. The van der Waals surface area contributed by atoms with Crippen LogP contribution in [-0.2, 0) is 0 Å². The smallest absolute Gasteiger partial charge is 0.0839 e. The fourth-order valence-electron chi connectivity index (χ4n) is 2.12. The van der Waals surface area contributed by atoms with Crippen LogP contribution in [0.2, 0.25) is 0 Å². The van der Waals surface area contributed by atoms with Gasteiger partial charge in [0.25, 0.3) is 0 Å². The molecule has 3 heteroatoms. The minimum Gasteiger partial charge on any atom is -0.390 e. The van der Waals surface area contributed by atoms with Crippen LogP contribution in [0.4, 0.5) is 5.69 Å². The summed E-state index contributed by atoms with van der Waals surface area (Å²) >= 11 is 0. The molecule has 3 nitrogen and oxygen atoms in total. The number of anilines is 1. The van der Waals surface area contributed by atoms with Gasteiger partial charge in [-0.2, -0.15) is 0 Å². The first-order chi connectivity index (χ1) is 7.84. The number of nitrogens with one attached hydrogen (secondary N) is 1. The monoisotopic (exact) mass is 220 g/mol.